The van der Waals surface area contributed by atoms with E-state index >= 15 is 0 Å². The van der Waals surface area contributed by atoms with Crippen LogP contribution < -0.4 is 5.32 Å². The van der Waals surface area contributed by atoms with E-state index in [4.69, 9.17) is 5.11 Å². The molecule has 3 atom stereocenters. The molecule has 0 radical (unpaired) electrons. The zero-order chi connectivity index (χ0) is 15.8. The Kier molecular flexibility index (Phi) is 7.83. The first-order valence-corrected chi connectivity index (χ1v) is 8.57. The number of aliphatic hydroxyl groups excluding tert-OH is 1. The molecule has 4 heteroatoms. The molecule has 1 aromatic rings. The van der Waals surface area contributed by atoms with Gasteiger partial charge in [-0.3, -0.25) is 4.79 Å². The average molecular weight is 309 g/mol. The first-order chi connectivity index (χ1) is 9.95. The number of hydrogen-bond acceptors (Lipinski definition) is 3. The Labute approximate surface area is 132 Å². The van der Waals surface area contributed by atoms with Crippen LogP contribution in [0.5, 0.6) is 0 Å². The van der Waals surface area contributed by atoms with Crippen molar-refractivity contribution in [3.8, 4) is 0 Å². The predicted octanol–water partition coefficient (Wildman–Crippen LogP) is 3.08. The summed E-state index contributed by atoms with van der Waals surface area (Å²) in [6.07, 6.45) is 0. The maximum Gasteiger partial charge on any atom is 0.233 e. The number of nitrogens with one attached hydrogen (secondary N) is 1. The first-order valence-electron chi connectivity index (χ1n) is 7.52. The van der Waals surface area contributed by atoms with Crippen LogP contribution in [-0.2, 0) is 10.5 Å². The maximum atomic E-state index is 12.4. The van der Waals surface area contributed by atoms with E-state index in [1.807, 2.05) is 32.0 Å². The summed E-state index contributed by atoms with van der Waals surface area (Å²) < 4.78 is 0. The lowest BCUT2D eigenvalue weighted by Crippen LogP contribution is -2.44. The fraction of sp³-hybridized carbons (Fsp3) is 0.588. The lowest BCUT2D eigenvalue weighted by Gasteiger charge is -2.25. The second kappa shape index (κ2) is 9.11. The zero-order valence-corrected chi connectivity index (χ0v) is 14.2. The van der Waals surface area contributed by atoms with Crippen LogP contribution in [0.15, 0.2) is 30.3 Å². The molecular formula is C17H27NO2S. The minimum Gasteiger partial charge on any atom is -0.396 e. The lowest BCUT2D eigenvalue weighted by atomic mass is 10.0. The molecule has 2 N–H and O–H groups in total. The molecule has 0 fully saturated rings. The number of hydrogen-bond donors (Lipinski definition) is 2. The van der Waals surface area contributed by atoms with Crippen LogP contribution in [0.25, 0.3) is 0 Å². The third kappa shape index (κ3) is 6.10. The fourth-order valence-electron chi connectivity index (χ4n) is 1.94. The summed E-state index contributed by atoms with van der Waals surface area (Å²) in [6, 6.07) is 10.2. The van der Waals surface area contributed by atoms with E-state index in [-0.39, 0.29) is 35.6 Å². The molecule has 0 aliphatic heterocycles. The maximum absolute atomic E-state index is 12.4. The quantitative estimate of drug-likeness (QED) is 0.776. The number of rotatable bonds is 8. The highest BCUT2D eigenvalue weighted by Gasteiger charge is 2.25. The van der Waals surface area contributed by atoms with Gasteiger partial charge >= 0.3 is 0 Å². The van der Waals surface area contributed by atoms with Gasteiger partial charge in [0, 0.05) is 18.4 Å². The smallest absolute Gasteiger partial charge is 0.233 e. The van der Waals surface area contributed by atoms with Crippen molar-refractivity contribution in [3.63, 3.8) is 0 Å². The van der Waals surface area contributed by atoms with Gasteiger partial charge in [0.25, 0.3) is 0 Å². The number of carbonyl (C=O) groups is 1. The topological polar surface area (TPSA) is 49.3 Å². The molecular weight excluding hydrogens is 282 g/mol. The Morgan fingerprint density at radius 3 is 2.33 bits per heavy atom. The van der Waals surface area contributed by atoms with Gasteiger partial charge in [0.05, 0.1) is 5.25 Å². The molecule has 0 saturated carbocycles. The highest BCUT2D eigenvalue weighted by atomic mass is 32.2. The van der Waals surface area contributed by atoms with Gasteiger partial charge < -0.3 is 10.4 Å². The van der Waals surface area contributed by atoms with Crippen LogP contribution in [0.1, 0.15) is 33.3 Å². The highest BCUT2D eigenvalue weighted by molar-refractivity contribution is 7.99. The number of thioether (sulfide) groups is 1. The molecule has 0 heterocycles. The summed E-state index contributed by atoms with van der Waals surface area (Å²) in [5, 5.41) is 12.1. The minimum atomic E-state index is -0.0708. The molecule has 0 spiro atoms. The molecule has 0 saturated heterocycles. The van der Waals surface area contributed by atoms with Gasteiger partial charge in [-0.05, 0) is 24.3 Å². The minimum absolute atomic E-state index is 0.0129. The molecule has 0 bridgehead atoms. The number of benzene rings is 1. The lowest BCUT2D eigenvalue weighted by molar-refractivity contribution is -0.122. The summed E-state index contributed by atoms with van der Waals surface area (Å²) in [4.78, 5) is 12.4. The van der Waals surface area contributed by atoms with Crippen molar-refractivity contribution in [2.45, 2.75) is 44.7 Å². The van der Waals surface area contributed by atoms with Gasteiger partial charge in [0.15, 0.2) is 0 Å². The van der Waals surface area contributed by atoms with E-state index in [9.17, 15) is 4.79 Å². The Morgan fingerprint density at radius 1 is 1.19 bits per heavy atom. The third-order valence-corrected chi connectivity index (χ3v) is 5.27. The summed E-state index contributed by atoms with van der Waals surface area (Å²) in [5.74, 6) is 1.25. The van der Waals surface area contributed by atoms with Crippen LogP contribution >= 0.6 is 11.8 Å². The van der Waals surface area contributed by atoms with Crippen molar-refractivity contribution in [2.75, 3.05) is 6.61 Å². The molecule has 3 unspecified atom stereocenters. The van der Waals surface area contributed by atoms with Crippen LogP contribution in [0.4, 0.5) is 0 Å². The van der Waals surface area contributed by atoms with Gasteiger partial charge in [0.2, 0.25) is 5.91 Å². The van der Waals surface area contributed by atoms with Gasteiger partial charge in [-0.15, -0.1) is 11.8 Å². The molecule has 0 aliphatic rings. The summed E-state index contributed by atoms with van der Waals surface area (Å²) in [7, 11) is 0. The second-order valence-electron chi connectivity index (χ2n) is 5.92. The Bertz CT molecular complexity index is 422. The molecule has 0 aromatic heterocycles. The van der Waals surface area contributed by atoms with Gasteiger partial charge in [0.1, 0.15) is 0 Å². The summed E-state index contributed by atoms with van der Waals surface area (Å²) in [5.41, 5.74) is 1.23. The van der Waals surface area contributed by atoms with E-state index < -0.39 is 0 Å². The van der Waals surface area contributed by atoms with Gasteiger partial charge in [-0.2, -0.15) is 0 Å². The highest BCUT2D eigenvalue weighted by Crippen LogP contribution is 2.24. The zero-order valence-electron chi connectivity index (χ0n) is 13.4. The van der Waals surface area contributed by atoms with Crippen LogP contribution in [-0.4, -0.2) is 28.9 Å². The van der Waals surface area contributed by atoms with E-state index in [1.54, 1.807) is 11.8 Å². The molecule has 0 aliphatic carbocycles. The van der Waals surface area contributed by atoms with E-state index in [0.29, 0.717) is 0 Å². The van der Waals surface area contributed by atoms with Crippen molar-refractivity contribution in [1.29, 1.82) is 0 Å². The van der Waals surface area contributed by atoms with Crippen molar-refractivity contribution in [1.82, 2.24) is 5.32 Å². The Balaban J connectivity index is 2.58. The van der Waals surface area contributed by atoms with E-state index in [0.717, 1.165) is 5.75 Å². The summed E-state index contributed by atoms with van der Waals surface area (Å²) >= 11 is 1.68. The second-order valence-corrected chi connectivity index (χ2v) is 7.05. The first kappa shape index (κ1) is 18.1. The van der Waals surface area contributed by atoms with Crippen molar-refractivity contribution in [3.05, 3.63) is 35.9 Å². The van der Waals surface area contributed by atoms with E-state index in [2.05, 4.69) is 31.3 Å². The molecule has 1 amide bonds. The van der Waals surface area contributed by atoms with Gasteiger partial charge in [-0.25, -0.2) is 0 Å². The Morgan fingerprint density at radius 2 is 1.81 bits per heavy atom. The number of amides is 1. The van der Waals surface area contributed by atoms with Crippen molar-refractivity contribution < 1.29 is 9.90 Å². The SMILES string of the molecule is CC(C)C(SCc1ccccc1)C(=O)NC(C)C(C)CO. The van der Waals surface area contributed by atoms with Crippen molar-refractivity contribution >= 4 is 17.7 Å². The van der Waals surface area contributed by atoms with Crippen molar-refractivity contribution in [2.24, 2.45) is 11.8 Å². The third-order valence-electron chi connectivity index (χ3n) is 3.65. The molecule has 1 aromatic carbocycles. The normalized spacial score (nSPS) is 15.5. The summed E-state index contributed by atoms with van der Waals surface area (Å²) in [6.45, 7) is 8.11. The standard InChI is InChI=1S/C17H27NO2S/c1-12(2)16(17(20)18-14(4)13(3)10-19)21-11-15-8-6-5-7-9-15/h5-9,12-14,16,19H,10-11H2,1-4H3,(H,18,20). The fourth-order valence-corrected chi connectivity index (χ4v) is 3.11. The molecule has 1 rings (SSSR count). The average Bonchev–Trinajstić information content (AvgIpc) is 2.47. The molecule has 118 valence electrons. The monoisotopic (exact) mass is 309 g/mol. The van der Waals surface area contributed by atoms with Crippen LogP contribution in [0.2, 0.25) is 0 Å². The number of carbonyl (C=O) groups excluding carboxylic acids is 1. The van der Waals surface area contributed by atoms with E-state index in [1.165, 1.54) is 5.56 Å². The molecule has 3 nitrogen and oxygen atoms in total. The van der Waals surface area contributed by atoms with Crippen LogP contribution in [0, 0.1) is 11.8 Å². The Hall–Kier alpha value is -1.00. The van der Waals surface area contributed by atoms with Gasteiger partial charge in [-0.1, -0.05) is 51.1 Å². The van der Waals surface area contributed by atoms with Crippen LogP contribution in [0.3, 0.4) is 0 Å². The molecule has 21 heavy (non-hydrogen) atoms. The predicted molar refractivity (Wildman–Crippen MR) is 90.2 cm³/mol. The largest absolute Gasteiger partial charge is 0.396 e. The number of aliphatic hydroxyl groups is 1.